The van der Waals surface area contributed by atoms with Crippen molar-refractivity contribution in [3.05, 3.63) is 59.2 Å². The van der Waals surface area contributed by atoms with Gasteiger partial charge in [-0.05, 0) is 74.0 Å². The fraction of sp³-hybridized carbons (Fsp3) is 0.481. The molecule has 2 fully saturated rings. The summed E-state index contributed by atoms with van der Waals surface area (Å²) < 4.78 is 0. The summed E-state index contributed by atoms with van der Waals surface area (Å²) in [5.74, 6) is 0.453. The number of likely N-dealkylation sites (tertiary alicyclic amines) is 1. The highest BCUT2D eigenvalue weighted by atomic mass is 16.2. The first-order chi connectivity index (χ1) is 15.4. The van der Waals surface area contributed by atoms with Crippen LogP contribution in [0.25, 0.3) is 0 Å². The molecule has 0 spiro atoms. The fourth-order valence-electron chi connectivity index (χ4n) is 4.91. The number of nitrogens with zero attached hydrogens (tertiary/aromatic N) is 2. The van der Waals surface area contributed by atoms with Gasteiger partial charge >= 0.3 is 0 Å². The van der Waals surface area contributed by atoms with Crippen molar-refractivity contribution in [1.29, 1.82) is 0 Å². The van der Waals surface area contributed by atoms with E-state index in [0.29, 0.717) is 6.54 Å². The van der Waals surface area contributed by atoms with Crippen molar-refractivity contribution in [2.24, 2.45) is 11.8 Å². The summed E-state index contributed by atoms with van der Waals surface area (Å²) in [4.78, 5) is 30.0. The number of amides is 2. The molecule has 2 aromatic carbocycles. The van der Waals surface area contributed by atoms with E-state index in [-0.39, 0.29) is 24.2 Å². The minimum Gasteiger partial charge on any atom is -0.326 e. The second-order valence-corrected chi connectivity index (χ2v) is 9.49. The molecular formula is C27H35N3O2. The average Bonchev–Trinajstić information content (AvgIpc) is 3.17. The van der Waals surface area contributed by atoms with Crippen molar-refractivity contribution in [2.45, 2.75) is 53.0 Å². The molecule has 5 heteroatoms. The van der Waals surface area contributed by atoms with Gasteiger partial charge < -0.3 is 10.2 Å². The molecule has 0 saturated carbocycles. The summed E-state index contributed by atoms with van der Waals surface area (Å²) in [6, 6.07) is 14.3. The van der Waals surface area contributed by atoms with Crippen LogP contribution in [-0.2, 0) is 22.6 Å². The maximum absolute atomic E-state index is 12.9. The lowest BCUT2D eigenvalue weighted by atomic mass is 9.99. The lowest BCUT2D eigenvalue weighted by Crippen LogP contribution is -2.32. The molecular weight excluding hydrogens is 398 g/mol. The number of hydrogen-bond acceptors (Lipinski definition) is 3. The SMILES string of the molecule is CCc1cccc(C)c1N1CC(C(=O)Nc2ccc(CN3CCC(C)CC3)cc2)CC1=O. The van der Waals surface area contributed by atoms with Gasteiger partial charge in [-0.3, -0.25) is 14.5 Å². The van der Waals surface area contributed by atoms with Gasteiger partial charge in [-0.2, -0.15) is 0 Å². The second-order valence-electron chi connectivity index (χ2n) is 9.49. The summed E-state index contributed by atoms with van der Waals surface area (Å²) in [6.07, 6.45) is 3.66. The Morgan fingerprint density at radius 2 is 1.81 bits per heavy atom. The third kappa shape index (κ3) is 5.04. The third-order valence-electron chi connectivity index (χ3n) is 6.97. The first-order valence-electron chi connectivity index (χ1n) is 12.0. The van der Waals surface area contributed by atoms with Gasteiger partial charge in [-0.25, -0.2) is 0 Å². The Morgan fingerprint density at radius 1 is 1.09 bits per heavy atom. The summed E-state index contributed by atoms with van der Waals surface area (Å²) in [5.41, 5.74) is 5.27. The van der Waals surface area contributed by atoms with Gasteiger partial charge in [0.05, 0.1) is 5.92 Å². The van der Waals surface area contributed by atoms with E-state index in [1.54, 1.807) is 4.90 Å². The van der Waals surface area contributed by atoms with Gasteiger partial charge in [0.15, 0.2) is 0 Å². The zero-order valence-electron chi connectivity index (χ0n) is 19.6. The number of benzene rings is 2. The molecule has 0 aromatic heterocycles. The molecule has 5 nitrogen and oxygen atoms in total. The van der Waals surface area contributed by atoms with Gasteiger partial charge in [-0.1, -0.05) is 44.2 Å². The Balaban J connectivity index is 1.36. The lowest BCUT2D eigenvalue weighted by molar-refractivity contribution is -0.122. The van der Waals surface area contributed by atoms with E-state index in [4.69, 9.17) is 0 Å². The van der Waals surface area contributed by atoms with E-state index in [1.807, 2.05) is 31.2 Å². The van der Waals surface area contributed by atoms with Crippen LogP contribution in [0, 0.1) is 18.8 Å². The highest BCUT2D eigenvalue weighted by molar-refractivity contribution is 6.04. The minimum absolute atomic E-state index is 0.0281. The Hall–Kier alpha value is -2.66. The van der Waals surface area contributed by atoms with Crippen LogP contribution in [0.2, 0.25) is 0 Å². The Morgan fingerprint density at radius 3 is 2.50 bits per heavy atom. The van der Waals surface area contributed by atoms with Crippen molar-refractivity contribution >= 4 is 23.2 Å². The van der Waals surface area contributed by atoms with E-state index in [0.717, 1.165) is 54.5 Å². The number of aryl methyl sites for hydroxylation is 2. The molecule has 0 aliphatic carbocycles. The van der Waals surface area contributed by atoms with Crippen LogP contribution >= 0.6 is 0 Å². The van der Waals surface area contributed by atoms with Crippen molar-refractivity contribution in [3.8, 4) is 0 Å². The van der Waals surface area contributed by atoms with Gasteiger partial charge in [0.25, 0.3) is 0 Å². The van der Waals surface area contributed by atoms with Gasteiger partial charge in [0.1, 0.15) is 0 Å². The van der Waals surface area contributed by atoms with Crippen LogP contribution in [0.5, 0.6) is 0 Å². The molecule has 1 atom stereocenters. The Labute approximate surface area is 191 Å². The maximum Gasteiger partial charge on any atom is 0.229 e. The number of nitrogens with one attached hydrogen (secondary N) is 1. The Bertz CT molecular complexity index is 961. The molecule has 1 N–H and O–H groups in total. The second kappa shape index (κ2) is 9.86. The summed E-state index contributed by atoms with van der Waals surface area (Å²) in [5, 5.41) is 3.02. The molecule has 2 aliphatic heterocycles. The topological polar surface area (TPSA) is 52.7 Å². The van der Waals surface area contributed by atoms with Crippen molar-refractivity contribution in [3.63, 3.8) is 0 Å². The number of piperidine rings is 1. The summed E-state index contributed by atoms with van der Waals surface area (Å²) in [7, 11) is 0. The van der Waals surface area contributed by atoms with Gasteiger partial charge in [0, 0.05) is 30.9 Å². The molecule has 4 rings (SSSR count). The van der Waals surface area contributed by atoms with Gasteiger partial charge in [0.2, 0.25) is 11.8 Å². The largest absolute Gasteiger partial charge is 0.326 e. The highest BCUT2D eigenvalue weighted by Gasteiger charge is 2.36. The minimum atomic E-state index is -0.332. The van der Waals surface area contributed by atoms with Crippen molar-refractivity contribution < 1.29 is 9.59 Å². The standard InChI is InChI=1S/C27H35N3O2/c1-4-22-7-5-6-20(3)26(22)30-18-23(16-25(30)31)27(32)28-24-10-8-21(9-11-24)17-29-14-12-19(2)13-15-29/h5-11,19,23H,4,12-18H2,1-3H3,(H,28,32). The molecule has 0 radical (unpaired) electrons. The molecule has 32 heavy (non-hydrogen) atoms. The van der Waals surface area contributed by atoms with Crippen molar-refractivity contribution in [2.75, 3.05) is 29.9 Å². The molecule has 2 aromatic rings. The van der Waals surface area contributed by atoms with E-state index >= 15 is 0 Å². The van der Waals surface area contributed by atoms with E-state index in [2.05, 4.69) is 42.3 Å². The number of para-hydroxylation sites is 1. The van der Waals surface area contributed by atoms with Crippen LogP contribution < -0.4 is 10.2 Å². The van der Waals surface area contributed by atoms with Crippen LogP contribution in [0.1, 0.15) is 49.8 Å². The number of rotatable bonds is 6. The molecule has 2 heterocycles. The molecule has 1 unspecified atom stereocenters. The van der Waals surface area contributed by atoms with Gasteiger partial charge in [-0.15, -0.1) is 0 Å². The quantitative estimate of drug-likeness (QED) is 0.713. The zero-order chi connectivity index (χ0) is 22.7. The fourth-order valence-corrected chi connectivity index (χ4v) is 4.91. The number of hydrogen-bond donors (Lipinski definition) is 1. The molecule has 170 valence electrons. The van der Waals surface area contributed by atoms with Crippen LogP contribution in [-0.4, -0.2) is 36.3 Å². The lowest BCUT2D eigenvalue weighted by Gasteiger charge is -2.30. The third-order valence-corrected chi connectivity index (χ3v) is 6.97. The smallest absolute Gasteiger partial charge is 0.229 e. The first kappa shape index (κ1) is 22.5. The van der Waals surface area contributed by atoms with E-state index < -0.39 is 0 Å². The van der Waals surface area contributed by atoms with Crippen LogP contribution in [0.15, 0.2) is 42.5 Å². The van der Waals surface area contributed by atoms with Crippen LogP contribution in [0.4, 0.5) is 11.4 Å². The molecule has 2 aliphatic rings. The Kier molecular flexibility index (Phi) is 6.95. The maximum atomic E-state index is 12.9. The van der Waals surface area contributed by atoms with E-state index in [1.165, 1.54) is 18.4 Å². The summed E-state index contributed by atoms with van der Waals surface area (Å²) >= 11 is 0. The number of anilines is 2. The highest BCUT2D eigenvalue weighted by Crippen LogP contribution is 2.32. The predicted molar refractivity (Wildman–Crippen MR) is 130 cm³/mol. The normalized spacial score (nSPS) is 20.0. The first-order valence-corrected chi connectivity index (χ1v) is 12.0. The predicted octanol–water partition coefficient (Wildman–Crippen LogP) is 4.78. The number of carbonyl (C=O) groups is 2. The molecule has 0 bridgehead atoms. The average molecular weight is 434 g/mol. The monoisotopic (exact) mass is 433 g/mol. The zero-order valence-corrected chi connectivity index (χ0v) is 19.6. The molecule has 2 saturated heterocycles. The van der Waals surface area contributed by atoms with E-state index in [9.17, 15) is 9.59 Å². The summed E-state index contributed by atoms with van der Waals surface area (Å²) in [6.45, 7) is 10.2. The number of carbonyl (C=O) groups excluding carboxylic acids is 2. The van der Waals surface area contributed by atoms with Crippen LogP contribution in [0.3, 0.4) is 0 Å². The van der Waals surface area contributed by atoms with Crippen molar-refractivity contribution in [1.82, 2.24) is 4.90 Å². The molecule has 2 amide bonds.